The maximum absolute atomic E-state index is 12.8. The topological polar surface area (TPSA) is 90.6 Å². The lowest BCUT2D eigenvalue weighted by Crippen LogP contribution is -2.32. The molecule has 23 heavy (non-hydrogen) atoms. The molecule has 0 bridgehead atoms. The van der Waals surface area contributed by atoms with Gasteiger partial charge >= 0.3 is 11.9 Å². The van der Waals surface area contributed by atoms with E-state index in [-0.39, 0.29) is 11.7 Å². The summed E-state index contributed by atoms with van der Waals surface area (Å²) >= 11 is 0. The largest absolute Gasteiger partial charge is 0.416 e. The van der Waals surface area contributed by atoms with Crippen LogP contribution >= 0.6 is 0 Å². The van der Waals surface area contributed by atoms with Gasteiger partial charge in [0.25, 0.3) is 5.91 Å². The summed E-state index contributed by atoms with van der Waals surface area (Å²) in [5.74, 6) is -1.08. The molecule has 0 fully saturated rings. The van der Waals surface area contributed by atoms with Crippen LogP contribution in [0, 0.1) is 5.92 Å². The fraction of sp³-hybridized carbons (Fsp3) is 0.357. The molecule has 0 radical (unpaired) electrons. The number of rotatable bonds is 4. The van der Waals surface area contributed by atoms with Gasteiger partial charge in [-0.15, -0.1) is 5.10 Å². The number of carbonyl (C=O) groups is 1. The molecule has 0 saturated carbocycles. The monoisotopic (exact) mass is 328 g/mol. The number of carbonyl (C=O) groups excluding carboxylic acids is 1. The minimum Gasteiger partial charge on any atom is -0.342 e. The van der Waals surface area contributed by atoms with Gasteiger partial charge in [-0.2, -0.15) is 13.2 Å². The highest BCUT2D eigenvalue weighted by Crippen LogP contribution is 2.32. The molecule has 3 N–H and O–H groups in total. The first kappa shape index (κ1) is 16.8. The van der Waals surface area contributed by atoms with Crippen molar-refractivity contribution >= 4 is 5.91 Å². The van der Waals surface area contributed by atoms with Gasteiger partial charge in [-0.1, -0.05) is 26.0 Å². The van der Waals surface area contributed by atoms with Crippen LogP contribution < -0.4 is 11.0 Å². The number of amides is 1. The van der Waals surface area contributed by atoms with E-state index in [9.17, 15) is 22.8 Å². The number of hydrogen-bond donors (Lipinski definition) is 3. The molecule has 2 rings (SSSR count). The number of hydrogen-bond acceptors (Lipinski definition) is 3. The van der Waals surface area contributed by atoms with Crippen LogP contribution in [-0.4, -0.2) is 21.1 Å². The Hall–Kier alpha value is -2.58. The summed E-state index contributed by atoms with van der Waals surface area (Å²) in [7, 11) is 0. The van der Waals surface area contributed by atoms with Gasteiger partial charge in [0.15, 0.2) is 0 Å². The summed E-state index contributed by atoms with van der Waals surface area (Å²) in [5.41, 5.74) is -1.11. The molecule has 0 aliphatic rings. The molecule has 0 spiro atoms. The van der Waals surface area contributed by atoms with Crippen molar-refractivity contribution in [1.82, 2.24) is 20.5 Å². The van der Waals surface area contributed by atoms with Crippen LogP contribution in [-0.2, 0) is 6.18 Å². The number of aromatic amines is 2. The molecule has 1 aromatic heterocycles. The molecule has 124 valence electrons. The number of benzene rings is 1. The second-order valence-electron chi connectivity index (χ2n) is 5.34. The average molecular weight is 328 g/mol. The van der Waals surface area contributed by atoms with Crippen molar-refractivity contribution in [1.29, 1.82) is 0 Å². The number of halogens is 3. The summed E-state index contributed by atoms with van der Waals surface area (Å²) in [4.78, 5) is 25.2. The van der Waals surface area contributed by atoms with Gasteiger partial charge < -0.3 is 5.32 Å². The fourth-order valence-electron chi connectivity index (χ4n) is 2.13. The third kappa shape index (κ3) is 3.99. The summed E-state index contributed by atoms with van der Waals surface area (Å²) in [6, 6.07) is 4.10. The molecule has 1 atom stereocenters. The Morgan fingerprint density at radius 3 is 2.52 bits per heavy atom. The molecule has 9 heteroatoms. The molecule has 1 aromatic carbocycles. The zero-order chi connectivity index (χ0) is 17.2. The Labute approximate surface area is 129 Å². The first-order valence-electron chi connectivity index (χ1n) is 6.81. The van der Waals surface area contributed by atoms with Crippen molar-refractivity contribution in [2.75, 3.05) is 0 Å². The van der Waals surface area contributed by atoms with Crippen LogP contribution in [0.2, 0.25) is 0 Å². The van der Waals surface area contributed by atoms with Crippen LogP contribution in [0.15, 0.2) is 29.1 Å². The Morgan fingerprint density at radius 2 is 2.00 bits per heavy atom. The highest BCUT2D eigenvalue weighted by Gasteiger charge is 2.31. The fourth-order valence-corrected chi connectivity index (χ4v) is 2.13. The van der Waals surface area contributed by atoms with E-state index >= 15 is 0 Å². The van der Waals surface area contributed by atoms with E-state index in [1.54, 1.807) is 13.8 Å². The van der Waals surface area contributed by atoms with E-state index in [1.807, 2.05) is 0 Å². The smallest absolute Gasteiger partial charge is 0.342 e. The van der Waals surface area contributed by atoms with Crippen LogP contribution in [0.25, 0.3) is 0 Å². The van der Waals surface area contributed by atoms with Crippen LogP contribution in [0.3, 0.4) is 0 Å². The minimum atomic E-state index is -4.46. The second-order valence-corrected chi connectivity index (χ2v) is 5.34. The third-order valence-corrected chi connectivity index (χ3v) is 3.24. The maximum atomic E-state index is 12.8. The van der Waals surface area contributed by atoms with Gasteiger partial charge in [-0.25, -0.2) is 9.89 Å². The molecule has 1 amide bonds. The third-order valence-electron chi connectivity index (χ3n) is 3.24. The molecule has 6 nitrogen and oxygen atoms in total. The summed E-state index contributed by atoms with van der Waals surface area (Å²) in [6.07, 6.45) is -4.46. The summed E-state index contributed by atoms with van der Waals surface area (Å²) in [5, 5.41) is 8.13. The Morgan fingerprint density at radius 1 is 1.30 bits per heavy atom. The van der Waals surface area contributed by atoms with Gasteiger partial charge in [0.1, 0.15) is 0 Å². The molecular weight excluding hydrogens is 313 g/mol. The minimum absolute atomic E-state index is 0.173. The molecule has 1 heterocycles. The van der Waals surface area contributed by atoms with Gasteiger partial charge in [0.2, 0.25) is 5.82 Å². The lowest BCUT2D eigenvalue weighted by Gasteiger charge is -2.23. The molecule has 2 aromatic rings. The van der Waals surface area contributed by atoms with Crippen molar-refractivity contribution in [3.8, 4) is 0 Å². The predicted octanol–water partition coefficient (Wildman–Crippen LogP) is 2.24. The number of nitrogens with one attached hydrogen (secondary N) is 3. The average Bonchev–Trinajstić information content (AvgIpc) is 2.90. The van der Waals surface area contributed by atoms with Crippen molar-refractivity contribution in [2.45, 2.75) is 26.1 Å². The number of alkyl halides is 3. The van der Waals surface area contributed by atoms with Crippen molar-refractivity contribution < 1.29 is 18.0 Å². The Balaban J connectivity index is 2.29. The molecule has 0 aliphatic carbocycles. The molecule has 0 unspecified atom stereocenters. The lowest BCUT2D eigenvalue weighted by molar-refractivity contribution is -0.137. The van der Waals surface area contributed by atoms with E-state index in [1.165, 1.54) is 12.1 Å². The van der Waals surface area contributed by atoms with Gasteiger partial charge in [-0.05, 0) is 23.6 Å². The quantitative estimate of drug-likeness (QED) is 0.804. The first-order chi connectivity index (χ1) is 10.7. The molecule has 0 saturated heterocycles. The summed E-state index contributed by atoms with van der Waals surface area (Å²) in [6.45, 7) is 3.52. The highest BCUT2D eigenvalue weighted by atomic mass is 19.4. The lowest BCUT2D eigenvalue weighted by atomic mass is 9.94. The van der Waals surface area contributed by atoms with Crippen LogP contribution in [0.1, 0.15) is 41.6 Å². The number of aromatic nitrogens is 3. The predicted molar refractivity (Wildman–Crippen MR) is 75.7 cm³/mol. The molecular formula is C14H15F3N4O2. The Kier molecular flexibility index (Phi) is 4.57. The van der Waals surface area contributed by atoms with Gasteiger partial charge in [0, 0.05) is 0 Å². The van der Waals surface area contributed by atoms with E-state index in [0.29, 0.717) is 5.56 Å². The first-order valence-corrected chi connectivity index (χ1v) is 6.81. The zero-order valence-electron chi connectivity index (χ0n) is 12.4. The standard InChI is InChI=1S/C14H15F3N4O2/c1-7(2)10(18-12(22)11-19-13(23)21-20-11)8-4-3-5-9(6-8)14(15,16)17/h3-7,10H,1-2H3,(H,18,22)(H2,19,20,21,23)/t10-/m1/s1. The number of nitrogens with zero attached hydrogens (tertiary/aromatic N) is 1. The SMILES string of the molecule is CC(C)[C@@H](NC(=O)c1n[nH]c(=O)[nH]1)c1cccc(C(F)(F)F)c1. The van der Waals surface area contributed by atoms with Gasteiger partial charge in [0.05, 0.1) is 11.6 Å². The Bertz CT molecular complexity index is 749. The van der Waals surface area contributed by atoms with Crippen LogP contribution in [0.4, 0.5) is 13.2 Å². The van der Waals surface area contributed by atoms with E-state index in [0.717, 1.165) is 12.1 Å². The molecule has 0 aliphatic heterocycles. The van der Waals surface area contributed by atoms with Gasteiger partial charge in [-0.3, -0.25) is 9.78 Å². The maximum Gasteiger partial charge on any atom is 0.416 e. The van der Waals surface area contributed by atoms with Crippen molar-refractivity contribution in [3.05, 3.63) is 51.7 Å². The van der Waals surface area contributed by atoms with E-state index < -0.39 is 29.4 Å². The summed E-state index contributed by atoms with van der Waals surface area (Å²) < 4.78 is 38.5. The normalized spacial score (nSPS) is 13.1. The zero-order valence-corrected chi connectivity index (χ0v) is 12.4. The van der Waals surface area contributed by atoms with Crippen molar-refractivity contribution in [2.24, 2.45) is 5.92 Å². The second kappa shape index (κ2) is 6.27. The van der Waals surface area contributed by atoms with Crippen LogP contribution in [0.5, 0.6) is 0 Å². The van der Waals surface area contributed by atoms with Crippen molar-refractivity contribution in [3.63, 3.8) is 0 Å². The number of H-pyrrole nitrogens is 2. The highest BCUT2D eigenvalue weighted by molar-refractivity contribution is 5.90. The van der Waals surface area contributed by atoms with E-state index in [4.69, 9.17) is 0 Å². The van der Waals surface area contributed by atoms with E-state index in [2.05, 4.69) is 20.5 Å².